The number of H-pyrrole nitrogens is 1. The molecule has 1 saturated heterocycles. The second-order valence-corrected chi connectivity index (χ2v) is 4.87. The van der Waals surface area contributed by atoms with Gasteiger partial charge in [-0.1, -0.05) is 11.8 Å². The van der Waals surface area contributed by atoms with Crippen LogP contribution in [0.2, 0.25) is 0 Å². The van der Waals surface area contributed by atoms with Crippen molar-refractivity contribution in [1.82, 2.24) is 20.5 Å². The van der Waals surface area contributed by atoms with Crippen molar-refractivity contribution in [2.24, 2.45) is 0 Å². The van der Waals surface area contributed by atoms with E-state index in [0.717, 1.165) is 25.3 Å². The van der Waals surface area contributed by atoms with Gasteiger partial charge in [0, 0.05) is 13.2 Å². The fourth-order valence-electron chi connectivity index (χ4n) is 1.60. The summed E-state index contributed by atoms with van der Waals surface area (Å²) >= 11 is 1.33. The summed E-state index contributed by atoms with van der Waals surface area (Å²) < 4.78 is 5.42. The van der Waals surface area contributed by atoms with Gasteiger partial charge in [-0.15, -0.1) is 5.10 Å². The van der Waals surface area contributed by atoms with E-state index >= 15 is 0 Å². The number of carbonyl (C=O) groups is 1. The van der Waals surface area contributed by atoms with Gasteiger partial charge in [0.25, 0.3) is 0 Å². The van der Waals surface area contributed by atoms with Gasteiger partial charge in [0.2, 0.25) is 11.1 Å². The third-order valence-corrected chi connectivity index (χ3v) is 3.31. The van der Waals surface area contributed by atoms with Crippen molar-refractivity contribution in [2.45, 2.75) is 31.0 Å². The zero-order valence-electron chi connectivity index (χ0n) is 9.73. The lowest BCUT2D eigenvalue weighted by atomic mass is 10.2. The Kier molecular flexibility index (Phi) is 4.38. The molecule has 0 bridgehead atoms. The Labute approximate surface area is 104 Å². The van der Waals surface area contributed by atoms with E-state index in [-0.39, 0.29) is 12.0 Å². The Hall–Kier alpha value is -1.08. The SMILES string of the molecule is Cc1nc(SCC(=O)NC[C@@H]2CCCO2)n[nH]1. The average molecular weight is 256 g/mol. The van der Waals surface area contributed by atoms with Crippen LogP contribution in [0.1, 0.15) is 18.7 Å². The maximum absolute atomic E-state index is 11.5. The van der Waals surface area contributed by atoms with Gasteiger partial charge in [0.05, 0.1) is 11.9 Å². The number of ether oxygens (including phenoxy) is 1. The molecule has 0 aliphatic carbocycles. The lowest BCUT2D eigenvalue weighted by molar-refractivity contribution is -0.119. The number of rotatable bonds is 5. The molecule has 0 unspecified atom stereocenters. The predicted octanol–water partition coefficient (Wildman–Crippen LogP) is 0.500. The van der Waals surface area contributed by atoms with Crippen molar-refractivity contribution < 1.29 is 9.53 Å². The van der Waals surface area contributed by atoms with Crippen molar-refractivity contribution in [1.29, 1.82) is 0 Å². The quantitative estimate of drug-likeness (QED) is 0.750. The third-order valence-electron chi connectivity index (χ3n) is 2.46. The molecular formula is C10H16N4O2S. The average Bonchev–Trinajstić information content (AvgIpc) is 2.95. The van der Waals surface area contributed by atoms with Crippen molar-refractivity contribution in [3.63, 3.8) is 0 Å². The highest BCUT2D eigenvalue weighted by atomic mass is 32.2. The number of nitrogens with zero attached hydrogens (tertiary/aromatic N) is 2. The van der Waals surface area contributed by atoms with Gasteiger partial charge in [-0.3, -0.25) is 9.89 Å². The van der Waals surface area contributed by atoms with Crippen LogP contribution in [0.3, 0.4) is 0 Å². The largest absolute Gasteiger partial charge is 0.376 e. The molecule has 1 atom stereocenters. The van der Waals surface area contributed by atoms with Gasteiger partial charge in [0.15, 0.2) is 0 Å². The summed E-state index contributed by atoms with van der Waals surface area (Å²) in [4.78, 5) is 15.6. The first-order chi connectivity index (χ1) is 8.24. The molecule has 2 N–H and O–H groups in total. The van der Waals surface area contributed by atoms with Crippen LogP contribution in [-0.4, -0.2) is 46.1 Å². The first-order valence-electron chi connectivity index (χ1n) is 5.64. The molecule has 1 aromatic heterocycles. The monoisotopic (exact) mass is 256 g/mol. The highest BCUT2D eigenvalue weighted by molar-refractivity contribution is 7.99. The molecule has 0 saturated carbocycles. The molecule has 1 aromatic rings. The van der Waals surface area contributed by atoms with E-state index in [1.807, 2.05) is 6.92 Å². The zero-order chi connectivity index (χ0) is 12.1. The summed E-state index contributed by atoms with van der Waals surface area (Å²) in [6, 6.07) is 0. The zero-order valence-corrected chi connectivity index (χ0v) is 10.5. The minimum atomic E-state index is -0.00652. The van der Waals surface area contributed by atoms with Gasteiger partial charge in [-0.2, -0.15) is 0 Å². The van der Waals surface area contributed by atoms with E-state index in [2.05, 4.69) is 20.5 Å². The van der Waals surface area contributed by atoms with E-state index in [1.54, 1.807) is 0 Å². The molecule has 1 amide bonds. The Morgan fingerprint density at radius 3 is 3.24 bits per heavy atom. The molecule has 17 heavy (non-hydrogen) atoms. The standard InChI is InChI=1S/C10H16N4O2S/c1-7-12-10(14-13-7)17-6-9(15)11-5-8-3-2-4-16-8/h8H,2-6H2,1H3,(H,11,15)(H,12,13,14)/t8-/m0/s1. The molecule has 7 heteroatoms. The fraction of sp³-hybridized carbons (Fsp3) is 0.700. The van der Waals surface area contributed by atoms with Crippen LogP contribution in [-0.2, 0) is 9.53 Å². The summed E-state index contributed by atoms with van der Waals surface area (Å²) in [5.74, 6) is 1.09. The Balaban J connectivity index is 1.63. The highest BCUT2D eigenvalue weighted by Gasteiger charge is 2.16. The summed E-state index contributed by atoms with van der Waals surface area (Å²) in [6.45, 7) is 3.24. The molecule has 6 nitrogen and oxygen atoms in total. The predicted molar refractivity (Wildman–Crippen MR) is 63.8 cm³/mol. The maximum atomic E-state index is 11.5. The number of aryl methyl sites for hydroxylation is 1. The topological polar surface area (TPSA) is 79.9 Å². The molecule has 0 aromatic carbocycles. The van der Waals surface area contributed by atoms with Gasteiger partial charge < -0.3 is 10.1 Å². The summed E-state index contributed by atoms with van der Waals surface area (Å²) in [7, 11) is 0. The molecule has 1 fully saturated rings. The van der Waals surface area contributed by atoms with Crippen LogP contribution in [0, 0.1) is 6.92 Å². The molecule has 2 rings (SSSR count). The second-order valence-electron chi connectivity index (χ2n) is 3.93. The number of thioether (sulfide) groups is 1. The molecule has 0 spiro atoms. The minimum absolute atomic E-state index is 0.00652. The lowest BCUT2D eigenvalue weighted by Crippen LogP contribution is -2.32. The number of hydrogen-bond acceptors (Lipinski definition) is 5. The van der Waals surface area contributed by atoms with Crippen LogP contribution in [0.5, 0.6) is 0 Å². The summed E-state index contributed by atoms with van der Waals surface area (Å²) in [6.07, 6.45) is 2.31. The molecule has 0 radical (unpaired) electrons. The number of aromatic amines is 1. The number of hydrogen-bond donors (Lipinski definition) is 2. The van der Waals surface area contributed by atoms with Crippen molar-refractivity contribution in [2.75, 3.05) is 18.9 Å². The van der Waals surface area contributed by atoms with Crippen molar-refractivity contribution >= 4 is 17.7 Å². The first-order valence-corrected chi connectivity index (χ1v) is 6.62. The number of nitrogens with one attached hydrogen (secondary N) is 2. The smallest absolute Gasteiger partial charge is 0.230 e. The molecule has 1 aliphatic heterocycles. The van der Waals surface area contributed by atoms with Crippen molar-refractivity contribution in [3.05, 3.63) is 5.82 Å². The van der Waals surface area contributed by atoms with E-state index in [1.165, 1.54) is 11.8 Å². The third kappa shape index (κ3) is 4.01. The Morgan fingerprint density at radius 2 is 2.59 bits per heavy atom. The van der Waals surface area contributed by atoms with Gasteiger partial charge in [0.1, 0.15) is 5.82 Å². The van der Waals surface area contributed by atoms with E-state index in [9.17, 15) is 4.79 Å². The number of aromatic nitrogens is 3. The van der Waals surface area contributed by atoms with Crippen LogP contribution in [0.15, 0.2) is 5.16 Å². The van der Waals surface area contributed by atoms with Crippen LogP contribution in [0.25, 0.3) is 0 Å². The number of carbonyl (C=O) groups excluding carboxylic acids is 1. The van der Waals surface area contributed by atoms with Crippen LogP contribution < -0.4 is 5.32 Å². The summed E-state index contributed by atoms with van der Waals surface area (Å²) in [5, 5.41) is 10.1. The number of amides is 1. The van der Waals surface area contributed by atoms with Gasteiger partial charge >= 0.3 is 0 Å². The van der Waals surface area contributed by atoms with Crippen LogP contribution in [0.4, 0.5) is 0 Å². The van der Waals surface area contributed by atoms with E-state index in [4.69, 9.17) is 4.74 Å². The van der Waals surface area contributed by atoms with Gasteiger partial charge in [-0.25, -0.2) is 4.98 Å². The summed E-state index contributed by atoms with van der Waals surface area (Å²) in [5.41, 5.74) is 0. The highest BCUT2D eigenvalue weighted by Crippen LogP contribution is 2.12. The molecule has 94 valence electrons. The van der Waals surface area contributed by atoms with Crippen molar-refractivity contribution in [3.8, 4) is 0 Å². The molecule has 2 heterocycles. The van der Waals surface area contributed by atoms with E-state index in [0.29, 0.717) is 17.5 Å². The maximum Gasteiger partial charge on any atom is 0.230 e. The Bertz CT molecular complexity index is 376. The van der Waals surface area contributed by atoms with Gasteiger partial charge in [-0.05, 0) is 19.8 Å². The normalized spacial score (nSPS) is 19.5. The second kappa shape index (κ2) is 6.02. The lowest BCUT2D eigenvalue weighted by Gasteiger charge is -2.09. The Morgan fingerprint density at radius 1 is 1.71 bits per heavy atom. The van der Waals surface area contributed by atoms with Crippen LogP contribution >= 0.6 is 11.8 Å². The fourth-order valence-corrected chi connectivity index (χ4v) is 2.27. The molecule has 1 aliphatic rings. The first kappa shape index (κ1) is 12.4. The van der Waals surface area contributed by atoms with E-state index < -0.39 is 0 Å². The minimum Gasteiger partial charge on any atom is -0.376 e. The molecular weight excluding hydrogens is 240 g/mol.